The Morgan fingerprint density at radius 1 is 0.872 bits per heavy atom. The minimum Gasteiger partial charge on any atom is -0.497 e. The Morgan fingerprint density at radius 2 is 1.51 bits per heavy atom. The number of ether oxygens (including phenoxy) is 1. The lowest BCUT2D eigenvalue weighted by Gasteiger charge is -2.16. The van der Waals surface area contributed by atoms with Gasteiger partial charge in [-0.2, -0.15) is 26.3 Å². The van der Waals surface area contributed by atoms with E-state index in [1.807, 2.05) is 0 Å². The van der Waals surface area contributed by atoms with Gasteiger partial charge >= 0.3 is 12.4 Å². The number of hydrogen-bond donors (Lipinski definition) is 1. The summed E-state index contributed by atoms with van der Waals surface area (Å²) in [7, 11) is 1.53. The lowest BCUT2D eigenvalue weighted by atomic mass is 10.0. The molecule has 2 N–H and O–H groups in total. The van der Waals surface area contributed by atoms with Crippen molar-refractivity contribution >= 4 is 27.7 Å². The first-order valence-corrected chi connectivity index (χ1v) is 11.6. The molecule has 1 aromatic heterocycles. The van der Waals surface area contributed by atoms with E-state index in [1.54, 1.807) is 53.1 Å². The molecule has 0 saturated heterocycles. The van der Waals surface area contributed by atoms with E-state index in [9.17, 15) is 31.1 Å². The zero-order chi connectivity index (χ0) is 28.1. The number of nitrogens with two attached hydrogens (primary N) is 1. The van der Waals surface area contributed by atoms with Crippen molar-refractivity contribution in [2.75, 3.05) is 7.11 Å². The number of carbonyl (C=O) groups is 1. The van der Waals surface area contributed by atoms with Gasteiger partial charge in [-0.15, -0.1) is 0 Å². The maximum absolute atomic E-state index is 13.5. The molecule has 0 fully saturated rings. The normalized spacial score (nSPS) is 12.3. The molecule has 0 aliphatic heterocycles. The van der Waals surface area contributed by atoms with E-state index in [4.69, 9.17) is 10.5 Å². The molecule has 1 heterocycles. The Kier molecular flexibility index (Phi) is 6.28. The van der Waals surface area contributed by atoms with Crippen LogP contribution in [0.2, 0.25) is 0 Å². The van der Waals surface area contributed by atoms with Gasteiger partial charge in [-0.1, -0.05) is 18.2 Å². The first-order valence-electron chi connectivity index (χ1n) is 11.6. The number of fused-ring (bicyclic) bond motifs is 3. The van der Waals surface area contributed by atoms with Gasteiger partial charge in [0, 0.05) is 22.9 Å². The third-order valence-electron chi connectivity index (χ3n) is 6.47. The molecule has 5 aromatic rings. The van der Waals surface area contributed by atoms with Crippen LogP contribution in [0.5, 0.6) is 5.75 Å². The van der Waals surface area contributed by atoms with Crippen LogP contribution in [0, 0.1) is 6.07 Å². The van der Waals surface area contributed by atoms with Gasteiger partial charge in [0.25, 0.3) is 0 Å². The number of alkyl halides is 6. The SMILES string of the molecule is COc1ccc(-c2c[c]c3c4c(C(N)=O)cccc4n(Cc4cc(C(F)(F)F)cc(C(F)(F)F)c4)c3c2)cc1. The highest BCUT2D eigenvalue weighted by Gasteiger charge is 2.37. The van der Waals surface area contributed by atoms with Gasteiger partial charge in [0.15, 0.2) is 0 Å². The molecule has 0 spiro atoms. The zero-order valence-electron chi connectivity index (χ0n) is 20.2. The quantitative estimate of drug-likeness (QED) is 0.235. The minimum absolute atomic E-state index is 0.0934. The number of rotatable bonds is 5. The second-order valence-corrected chi connectivity index (χ2v) is 8.94. The molecule has 4 aromatic carbocycles. The largest absolute Gasteiger partial charge is 0.497 e. The lowest BCUT2D eigenvalue weighted by molar-refractivity contribution is -0.143. The molecule has 39 heavy (non-hydrogen) atoms. The van der Waals surface area contributed by atoms with Crippen LogP contribution >= 0.6 is 0 Å². The van der Waals surface area contributed by atoms with Crippen LogP contribution in [-0.4, -0.2) is 17.6 Å². The highest BCUT2D eigenvalue weighted by Crippen LogP contribution is 2.38. The fraction of sp³-hybridized carbons (Fsp3) is 0.138. The standard InChI is InChI=1S/C29H19F6N2O2/c1-39-21-8-5-17(6-9-21)18-7-10-22-25(13-18)37(24-4-2-3-23(26(22)24)27(36)38)15-16-11-19(28(30,31)32)14-20(12-16)29(33,34)35/h2-9,11-14H,15H2,1H3,(H2,36,38). The Balaban J connectivity index is 1.76. The molecule has 0 bridgehead atoms. The van der Waals surface area contributed by atoms with E-state index in [1.165, 1.54) is 13.2 Å². The molecule has 0 aliphatic rings. The Bertz CT molecular complexity index is 1680. The average molecular weight is 541 g/mol. The van der Waals surface area contributed by atoms with Crippen molar-refractivity contribution in [2.45, 2.75) is 18.9 Å². The molecule has 0 saturated carbocycles. The van der Waals surface area contributed by atoms with Gasteiger partial charge in [0.2, 0.25) is 5.91 Å². The molecular formula is C29H19F6N2O2. The molecule has 1 amide bonds. The van der Waals surface area contributed by atoms with Crippen molar-refractivity contribution in [1.29, 1.82) is 0 Å². The van der Waals surface area contributed by atoms with Gasteiger partial charge in [0.1, 0.15) is 5.75 Å². The van der Waals surface area contributed by atoms with Gasteiger partial charge < -0.3 is 15.0 Å². The number of amides is 1. The van der Waals surface area contributed by atoms with Crippen LogP contribution in [0.4, 0.5) is 26.3 Å². The van der Waals surface area contributed by atoms with Crippen molar-refractivity contribution in [3.8, 4) is 16.9 Å². The van der Waals surface area contributed by atoms with E-state index in [-0.39, 0.29) is 23.7 Å². The predicted molar refractivity (Wildman–Crippen MR) is 134 cm³/mol. The maximum Gasteiger partial charge on any atom is 0.416 e. The highest BCUT2D eigenvalue weighted by molar-refractivity contribution is 6.18. The topological polar surface area (TPSA) is 57.2 Å². The summed E-state index contributed by atoms with van der Waals surface area (Å²) < 4.78 is 87.9. The summed E-state index contributed by atoms with van der Waals surface area (Å²) in [5, 5.41) is 0.865. The molecule has 0 unspecified atom stereocenters. The van der Waals surface area contributed by atoms with Crippen LogP contribution in [-0.2, 0) is 18.9 Å². The Labute approximate surface area is 218 Å². The van der Waals surface area contributed by atoms with Crippen LogP contribution < -0.4 is 10.5 Å². The number of carbonyl (C=O) groups excluding carboxylic acids is 1. The van der Waals surface area contributed by atoms with Crippen LogP contribution in [0.3, 0.4) is 0 Å². The van der Waals surface area contributed by atoms with Crippen LogP contribution in [0.1, 0.15) is 27.0 Å². The lowest BCUT2D eigenvalue weighted by Crippen LogP contribution is -2.13. The predicted octanol–water partition coefficient (Wildman–Crippen LogP) is 7.46. The van der Waals surface area contributed by atoms with Crippen LogP contribution in [0.15, 0.2) is 72.8 Å². The molecule has 199 valence electrons. The van der Waals surface area contributed by atoms with Crippen molar-refractivity contribution in [3.63, 3.8) is 0 Å². The van der Waals surface area contributed by atoms with E-state index in [0.29, 0.717) is 45.3 Å². The third kappa shape index (κ3) is 4.89. The number of primary amides is 1. The Morgan fingerprint density at radius 3 is 2.08 bits per heavy atom. The molecule has 10 heteroatoms. The second kappa shape index (κ2) is 9.37. The molecule has 0 atom stereocenters. The van der Waals surface area contributed by atoms with E-state index in [0.717, 1.165) is 5.56 Å². The summed E-state index contributed by atoms with van der Waals surface area (Å²) in [6.07, 6.45) is -9.96. The second-order valence-electron chi connectivity index (χ2n) is 8.94. The van der Waals surface area contributed by atoms with E-state index < -0.39 is 29.4 Å². The fourth-order valence-corrected chi connectivity index (χ4v) is 4.67. The summed E-state index contributed by atoms with van der Waals surface area (Å²) >= 11 is 0. The number of benzene rings is 4. The summed E-state index contributed by atoms with van der Waals surface area (Å²) in [6, 6.07) is 19.9. The first kappa shape index (κ1) is 26.1. The molecule has 4 nitrogen and oxygen atoms in total. The van der Waals surface area contributed by atoms with Gasteiger partial charge in [-0.05, 0) is 77.4 Å². The number of methoxy groups -OCH3 is 1. The van der Waals surface area contributed by atoms with E-state index in [2.05, 4.69) is 6.07 Å². The zero-order valence-corrected chi connectivity index (χ0v) is 20.2. The van der Waals surface area contributed by atoms with Gasteiger partial charge in [0.05, 0.1) is 29.3 Å². The van der Waals surface area contributed by atoms with Gasteiger partial charge in [-0.3, -0.25) is 4.79 Å². The Hall–Kier alpha value is -4.47. The van der Waals surface area contributed by atoms with Crippen LogP contribution in [0.25, 0.3) is 32.9 Å². The number of nitrogens with zero attached hydrogens (tertiary/aromatic N) is 1. The smallest absolute Gasteiger partial charge is 0.416 e. The summed E-state index contributed by atoms with van der Waals surface area (Å²) in [5.41, 5.74) is 5.06. The molecule has 1 radical (unpaired) electrons. The number of hydrogen-bond acceptors (Lipinski definition) is 2. The minimum atomic E-state index is -4.98. The monoisotopic (exact) mass is 541 g/mol. The molecule has 5 rings (SSSR count). The van der Waals surface area contributed by atoms with Crippen molar-refractivity contribution in [3.05, 3.63) is 101 Å². The summed E-state index contributed by atoms with van der Waals surface area (Å²) in [4.78, 5) is 12.2. The highest BCUT2D eigenvalue weighted by atomic mass is 19.4. The van der Waals surface area contributed by atoms with Crippen molar-refractivity contribution in [2.24, 2.45) is 5.73 Å². The first-order chi connectivity index (χ1) is 18.4. The van der Waals surface area contributed by atoms with Crippen molar-refractivity contribution < 1.29 is 35.9 Å². The number of halogens is 6. The summed E-state index contributed by atoms with van der Waals surface area (Å²) in [6.45, 7) is -0.338. The van der Waals surface area contributed by atoms with E-state index >= 15 is 0 Å². The van der Waals surface area contributed by atoms with Crippen molar-refractivity contribution in [1.82, 2.24) is 4.57 Å². The molecular weight excluding hydrogens is 522 g/mol. The maximum atomic E-state index is 13.5. The molecule has 0 aliphatic carbocycles. The number of aromatic nitrogens is 1. The fourth-order valence-electron chi connectivity index (χ4n) is 4.67. The summed E-state index contributed by atoms with van der Waals surface area (Å²) in [5.74, 6) is -0.0975. The third-order valence-corrected chi connectivity index (χ3v) is 6.47. The average Bonchev–Trinajstić information content (AvgIpc) is 3.20. The van der Waals surface area contributed by atoms with Gasteiger partial charge in [-0.25, -0.2) is 0 Å².